The highest BCUT2D eigenvalue weighted by molar-refractivity contribution is 6.30. The molecule has 2 rings (SSSR count). The van der Waals surface area contributed by atoms with Crippen molar-refractivity contribution in [2.75, 3.05) is 0 Å². The first-order valence-corrected chi connectivity index (χ1v) is 5.08. The molecule has 0 bridgehead atoms. The molecule has 0 amide bonds. The van der Waals surface area contributed by atoms with E-state index in [4.69, 9.17) is 11.6 Å². The SMILES string of the molecule is Cc1c(-c2cncc(Cl)c2)nn(C)c1C. The standard InChI is InChI=1S/C11H12ClN3/c1-7-8(2)15(3)14-11(7)9-4-10(12)6-13-5-9/h4-6H,1-3H3. The molecule has 0 atom stereocenters. The fourth-order valence-corrected chi connectivity index (χ4v) is 1.70. The third-order valence-corrected chi connectivity index (χ3v) is 2.82. The third-order valence-electron chi connectivity index (χ3n) is 2.61. The van der Waals surface area contributed by atoms with E-state index >= 15 is 0 Å². The number of nitrogens with zero attached hydrogens (tertiary/aromatic N) is 3. The Labute approximate surface area is 93.7 Å². The van der Waals surface area contributed by atoms with Gasteiger partial charge in [-0.15, -0.1) is 0 Å². The summed E-state index contributed by atoms with van der Waals surface area (Å²) in [5, 5.41) is 5.07. The predicted octanol–water partition coefficient (Wildman–Crippen LogP) is 2.75. The second-order valence-electron chi connectivity index (χ2n) is 3.57. The second kappa shape index (κ2) is 3.66. The van der Waals surface area contributed by atoms with Crippen molar-refractivity contribution in [2.24, 2.45) is 7.05 Å². The summed E-state index contributed by atoms with van der Waals surface area (Å²) in [4.78, 5) is 4.06. The van der Waals surface area contributed by atoms with Crippen LogP contribution < -0.4 is 0 Å². The molecular formula is C11H12ClN3. The maximum atomic E-state index is 5.90. The quantitative estimate of drug-likeness (QED) is 0.742. The molecule has 0 saturated heterocycles. The van der Waals surface area contributed by atoms with Gasteiger partial charge in [-0.05, 0) is 25.5 Å². The van der Waals surface area contributed by atoms with Gasteiger partial charge < -0.3 is 0 Å². The molecule has 15 heavy (non-hydrogen) atoms. The molecule has 0 aliphatic carbocycles. The van der Waals surface area contributed by atoms with E-state index in [1.54, 1.807) is 12.4 Å². The zero-order valence-corrected chi connectivity index (χ0v) is 9.71. The lowest BCUT2D eigenvalue weighted by molar-refractivity contribution is 0.741. The number of hydrogen-bond donors (Lipinski definition) is 0. The minimum absolute atomic E-state index is 0.634. The smallest absolute Gasteiger partial charge is 0.0970 e. The Hall–Kier alpha value is -1.35. The van der Waals surface area contributed by atoms with Gasteiger partial charge in [0.1, 0.15) is 0 Å². The lowest BCUT2D eigenvalue weighted by Gasteiger charge is -1.98. The van der Waals surface area contributed by atoms with E-state index in [0.29, 0.717) is 5.02 Å². The molecule has 0 saturated carbocycles. The van der Waals surface area contributed by atoms with E-state index in [9.17, 15) is 0 Å². The van der Waals surface area contributed by atoms with E-state index in [1.165, 1.54) is 5.56 Å². The van der Waals surface area contributed by atoms with Gasteiger partial charge in [-0.2, -0.15) is 5.10 Å². The van der Waals surface area contributed by atoms with Gasteiger partial charge in [0.2, 0.25) is 0 Å². The molecule has 0 aliphatic heterocycles. The normalized spacial score (nSPS) is 10.7. The van der Waals surface area contributed by atoms with Crippen molar-refractivity contribution in [3.8, 4) is 11.3 Å². The van der Waals surface area contributed by atoms with Crippen LogP contribution in [0.3, 0.4) is 0 Å². The topological polar surface area (TPSA) is 30.7 Å². The Kier molecular flexibility index (Phi) is 2.49. The van der Waals surface area contributed by atoms with Crippen LogP contribution in [-0.2, 0) is 7.05 Å². The second-order valence-corrected chi connectivity index (χ2v) is 4.01. The lowest BCUT2D eigenvalue weighted by Crippen LogP contribution is -1.92. The zero-order chi connectivity index (χ0) is 11.0. The highest BCUT2D eigenvalue weighted by atomic mass is 35.5. The van der Waals surface area contributed by atoms with Crippen LogP contribution in [0.2, 0.25) is 5.02 Å². The van der Waals surface area contributed by atoms with Crippen LogP contribution in [0.15, 0.2) is 18.5 Å². The summed E-state index contributed by atoms with van der Waals surface area (Å²) >= 11 is 5.90. The van der Waals surface area contributed by atoms with Crippen molar-refractivity contribution in [1.29, 1.82) is 0 Å². The first-order chi connectivity index (χ1) is 7.09. The Morgan fingerprint density at radius 2 is 2.00 bits per heavy atom. The molecule has 4 heteroatoms. The number of hydrogen-bond acceptors (Lipinski definition) is 2. The highest BCUT2D eigenvalue weighted by Gasteiger charge is 2.10. The Bertz CT molecular complexity index is 503. The number of aryl methyl sites for hydroxylation is 1. The highest BCUT2D eigenvalue weighted by Crippen LogP contribution is 2.24. The maximum Gasteiger partial charge on any atom is 0.0970 e. The number of pyridine rings is 1. The number of halogens is 1. The van der Waals surface area contributed by atoms with Gasteiger partial charge in [0.15, 0.2) is 0 Å². The van der Waals surface area contributed by atoms with Crippen LogP contribution in [0.1, 0.15) is 11.3 Å². The Balaban J connectivity index is 2.59. The van der Waals surface area contributed by atoms with Crippen LogP contribution >= 0.6 is 11.6 Å². The first kappa shape index (κ1) is 10.2. The fourth-order valence-electron chi connectivity index (χ4n) is 1.53. The van der Waals surface area contributed by atoms with Crippen LogP contribution in [0.25, 0.3) is 11.3 Å². The van der Waals surface area contributed by atoms with Crippen molar-refractivity contribution in [2.45, 2.75) is 13.8 Å². The summed E-state index contributed by atoms with van der Waals surface area (Å²) < 4.78 is 1.87. The molecule has 2 aromatic heterocycles. The van der Waals surface area contributed by atoms with E-state index in [1.807, 2.05) is 24.7 Å². The Morgan fingerprint density at radius 1 is 1.27 bits per heavy atom. The van der Waals surface area contributed by atoms with E-state index in [-0.39, 0.29) is 0 Å². The van der Waals surface area contributed by atoms with Gasteiger partial charge in [-0.1, -0.05) is 11.6 Å². The average molecular weight is 222 g/mol. The molecular weight excluding hydrogens is 210 g/mol. The molecule has 0 fully saturated rings. The van der Waals surface area contributed by atoms with Crippen molar-refractivity contribution in [1.82, 2.24) is 14.8 Å². The number of rotatable bonds is 1. The molecule has 0 unspecified atom stereocenters. The molecule has 0 N–H and O–H groups in total. The molecule has 0 aromatic carbocycles. The summed E-state index contributed by atoms with van der Waals surface area (Å²) in [6, 6.07) is 1.88. The monoisotopic (exact) mass is 221 g/mol. The summed E-state index contributed by atoms with van der Waals surface area (Å²) in [6.07, 6.45) is 3.40. The average Bonchev–Trinajstić information content (AvgIpc) is 2.46. The van der Waals surface area contributed by atoms with Gasteiger partial charge in [0, 0.05) is 30.7 Å². The van der Waals surface area contributed by atoms with E-state index in [0.717, 1.165) is 17.0 Å². The van der Waals surface area contributed by atoms with Crippen molar-refractivity contribution >= 4 is 11.6 Å². The molecule has 3 nitrogen and oxygen atoms in total. The van der Waals surface area contributed by atoms with Gasteiger partial charge >= 0.3 is 0 Å². The van der Waals surface area contributed by atoms with Crippen LogP contribution in [0.4, 0.5) is 0 Å². The van der Waals surface area contributed by atoms with Crippen LogP contribution in [-0.4, -0.2) is 14.8 Å². The summed E-state index contributed by atoms with van der Waals surface area (Å²) in [5.41, 5.74) is 4.24. The first-order valence-electron chi connectivity index (χ1n) is 4.70. The van der Waals surface area contributed by atoms with E-state index < -0.39 is 0 Å². The maximum absolute atomic E-state index is 5.90. The minimum atomic E-state index is 0.634. The van der Waals surface area contributed by atoms with Gasteiger partial charge in [0.05, 0.1) is 10.7 Å². The Morgan fingerprint density at radius 3 is 2.53 bits per heavy atom. The van der Waals surface area contributed by atoms with E-state index in [2.05, 4.69) is 17.0 Å². The van der Waals surface area contributed by atoms with Crippen molar-refractivity contribution in [3.05, 3.63) is 34.7 Å². The largest absolute Gasteiger partial charge is 0.272 e. The van der Waals surface area contributed by atoms with Gasteiger partial charge in [0.25, 0.3) is 0 Å². The zero-order valence-electron chi connectivity index (χ0n) is 8.95. The predicted molar refractivity (Wildman–Crippen MR) is 60.9 cm³/mol. The summed E-state index contributed by atoms with van der Waals surface area (Å²) in [6.45, 7) is 4.10. The third kappa shape index (κ3) is 1.75. The molecule has 0 radical (unpaired) electrons. The van der Waals surface area contributed by atoms with Gasteiger partial charge in [-0.25, -0.2) is 0 Å². The molecule has 0 spiro atoms. The summed E-state index contributed by atoms with van der Waals surface area (Å²) in [5.74, 6) is 0. The lowest BCUT2D eigenvalue weighted by atomic mass is 10.1. The van der Waals surface area contributed by atoms with Crippen LogP contribution in [0, 0.1) is 13.8 Å². The molecule has 78 valence electrons. The van der Waals surface area contributed by atoms with Gasteiger partial charge in [-0.3, -0.25) is 9.67 Å². The van der Waals surface area contributed by atoms with Crippen molar-refractivity contribution in [3.63, 3.8) is 0 Å². The molecule has 2 heterocycles. The molecule has 2 aromatic rings. The summed E-state index contributed by atoms with van der Waals surface area (Å²) in [7, 11) is 1.93. The van der Waals surface area contributed by atoms with Crippen LogP contribution in [0.5, 0.6) is 0 Å². The minimum Gasteiger partial charge on any atom is -0.272 e. The number of aromatic nitrogens is 3. The van der Waals surface area contributed by atoms with Crippen molar-refractivity contribution < 1.29 is 0 Å². The molecule has 0 aliphatic rings. The fraction of sp³-hybridized carbons (Fsp3) is 0.273.